The van der Waals surface area contributed by atoms with Crippen molar-refractivity contribution >= 4 is 17.5 Å². The summed E-state index contributed by atoms with van der Waals surface area (Å²) in [5, 5.41) is 21.3. The molecule has 0 aromatic heterocycles. The Balaban J connectivity index is 1.74. The lowest BCUT2D eigenvalue weighted by Gasteiger charge is -2.53. The number of ketones is 2. The number of Topliss-reactive ketones (excluding diaryl/α,β-unsaturated/α-hetero) is 1. The fraction of sp³-hybridized carbons (Fsp3) is 0.667. The van der Waals surface area contributed by atoms with Crippen molar-refractivity contribution in [2.24, 2.45) is 16.7 Å². The van der Waals surface area contributed by atoms with E-state index in [0.29, 0.717) is 25.7 Å². The molecule has 6 heteroatoms. The normalized spacial score (nSPS) is 37.2. The molecule has 4 aliphatic rings. The van der Waals surface area contributed by atoms with Crippen molar-refractivity contribution in [2.75, 3.05) is 6.61 Å². The van der Waals surface area contributed by atoms with Gasteiger partial charge >= 0.3 is 5.97 Å². The van der Waals surface area contributed by atoms with E-state index >= 15 is 0 Å². The molecular weight excluding hydrogens is 420 g/mol. The Morgan fingerprint density at radius 1 is 1.21 bits per heavy atom. The maximum atomic E-state index is 13.2. The van der Waals surface area contributed by atoms with Gasteiger partial charge in [0.25, 0.3) is 0 Å². The van der Waals surface area contributed by atoms with Crippen LogP contribution in [-0.4, -0.2) is 46.1 Å². The second kappa shape index (κ2) is 8.62. The third kappa shape index (κ3) is 3.57. The van der Waals surface area contributed by atoms with E-state index in [-0.39, 0.29) is 24.5 Å². The van der Waals surface area contributed by atoms with E-state index in [1.807, 2.05) is 13.0 Å². The van der Waals surface area contributed by atoms with Crippen molar-refractivity contribution in [3.05, 3.63) is 34.9 Å². The molecule has 0 bridgehead atoms. The predicted molar refractivity (Wildman–Crippen MR) is 123 cm³/mol. The van der Waals surface area contributed by atoms with Gasteiger partial charge in [-0.15, -0.1) is 0 Å². The van der Waals surface area contributed by atoms with Crippen LogP contribution in [0.15, 0.2) is 34.9 Å². The van der Waals surface area contributed by atoms with E-state index in [1.54, 1.807) is 12.2 Å². The number of aliphatic hydroxyl groups excluding tert-OH is 2. The highest BCUT2D eigenvalue weighted by Crippen LogP contribution is 2.65. The summed E-state index contributed by atoms with van der Waals surface area (Å²) in [5.74, 6) is -0.932. The number of ether oxygens (including phenoxy) is 1. The van der Waals surface area contributed by atoms with E-state index in [0.717, 1.165) is 36.0 Å². The molecule has 0 spiro atoms. The van der Waals surface area contributed by atoms with Crippen LogP contribution in [0.3, 0.4) is 0 Å². The van der Waals surface area contributed by atoms with Gasteiger partial charge in [-0.1, -0.05) is 43.9 Å². The molecule has 33 heavy (non-hydrogen) atoms. The van der Waals surface area contributed by atoms with E-state index in [1.165, 1.54) is 0 Å². The van der Waals surface area contributed by atoms with Gasteiger partial charge in [-0.3, -0.25) is 14.4 Å². The highest BCUT2D eigenvalue weighted by Gasteiger charge is 2.67. The molecule has 0 aromatic carbocycles. The Morgan fingerprint density at radius 3 is 2.67 bits per heavy atom. The lowest BCUT2D eigenvalue weighted by Crippen LogP contribution is -2.58. The first kappa shape index (κ1) is 24.1. The summed E-state index contributed by atoms with van der Waals surface area (Å²) in [5.41, 5.74) is 0.361. The molecule has 5 atom stereocenters. The summed E-state index contributed by atoms with van der Waals surface area (Å²) < 4.78 is 5.99. The largest absolute Gasteiger partial charge is 0.450 e. The van der Waals surface area contributed by atoms with Gasteiger partial charge in [-0.2, -0.15) is 0 Å². The van der Waals surface area contributed by atoms with Crippen molar-refractivity contribution in [1.29, 1.82) is 0 Å². The molecule has 0 unspecified atom stereocenters. The lowest BCUT2D eigenvalue weighted by molar-refractivity contribution is -0.186. The SMILES string of the molecule is CCCCCC(=O)O[C@]1(C(=O)CO)CC[C@H]2C3=C([C@@H](O)C[C@@]21C)[C@@]1(C)C=CC(=O)C=C1CC3. The number of carbonyl (C=O) groups excluding carboxylic acids is 3. The summed E-state index contributed by atoms with van der Waals surface area (Å²) >= 11 is 0. The van der Waals surface area contributed by atoms with Crippen LogP contribution in [0.25, 0.3) is 0 Å². The number of carbonyl (C=O) groups is 3. The Bertz CT molecular complexity index is 958. The Kier molecular flexibility index (Phi) is 6.29. The minimum Gasteiger partial charge on any atom is -0.450 e. The molecule has 0 aliphatic heterocycles. The fourth-order valence-corrected chi connectivity index (χ4v) is 7.16. The molecule has 0 radical (unpaired) electrons. The van der Waals surface area contributed by atoms with E-state index < -0.39 is 40.9 Å². The average Bonchev–Trinajstić information content (AvgIpc) is 3.06. The first-order chi connectivity index (χ1) is 15.6. The van der Waals surface area contributed by atoms with Crippen LogP contribution < -0.4 is 0 Å². The van der Waals surface area contributed by atoms with Crippen LogP contribution in [0.4, 0.5) is 0 Å². The van der Waals surface area contributed by atoms with E-state index in [9.17, 15) is 24.6 Å². The van der Waals surface area contributed by atoms with Gasteiger partial charge < -0.3 is 14.9 Å². The number of allylic oxidation sites excluding steroid dienone is 5. The zero-order valence-corrected chi connectivity index (χ0v) is 20.0. The van der Waals surface area contributed by atoms with Gasteiger partial charge in [0.05, 0.1) is 6.10 Å². The van der Waals surface area contributed by atoms with Gasteiger partial charge in [-0.25, -0.2) is 0 Å². The maximum absolute atomic E-state index is 13.2. The highest BCUT2D eigenvalue weighted by atomic mass is 16.6. The number of hydrogen-bond acceptors (Lipinski definition) is 6. The van der Waals surface area contributed by atoms with Gasteiger partial charge in [0, 0.05) is 17.3 Å². The zero-order chi connectivity index (χ0) is 24.0. The topological polar surface area (TPSA) is 101 Å². The predicted octanol–water partition coefficient (Wildman–Crippen LogP) is 3.75. The highest BCUT2D eigenvalue weighted by molar-refractivity contribution is 6.01. The second-order valence-electron chi connectivity index (χ2n) is 10.6. The molecule has 180 valence electrons. The first-order valence-electron chi connectivity index (χ1n) is 12.3. The van der Waals surface area contributed by atoms with Crippen molar-refractivity contribution in [3.8, 4) is 0 Å². The number of unbranched alkanes of at least 4 members (excludes halogenated alkanes) is 2. The molecule has 2 N–H and O–H groups in total. The van der Waals surface area contributed by atoms with Crippen molar-refractivity contribution in [3.63, 3.8) is 0 Å². The second-order valence-corrected chi connectivity index (χ2v) is 10.6. The summed E-state index contributed by atoms with van der Waals surface area (Å²) in [4.78, 5) is 37.9. The van der Waals surface area contributed by atoms with Crippen LogP contribution in [0.5, 0.6) is 0 Å². The minimum atomic E-state index is -1.43. The van der Waals surface area contributed by atoms with Crippen molar-refractivity contribution in [2.45, 2.75) is 90.3 Å². The smallest absolute Gasteiger partial charge is 0.306 e. The quantitative estimate of drug-likeness (QED) is 0.344. The number of aliphatic hydroxyl groups is 2. The molecule has 6 nitrogen and oxygen atoms in total. The molecule has 0 heterocycles. The summed E-state index contributed by atoms with van der Waals surface area (Å²) in [6.45, 7) is 5.36. The van der Waals surface area contributed by atoms with E-state index in [2.05, 4.69) is 13.8 Å². The standard InChI is InChI=1S/C27H36O6/c1-4-5-6-7-23(32)33-27(22(31)16-28)13-11-20-19-9-8-17-14-18(29)10-12-25(17,2)24(19)21(30)15-26(20,27)3/h10,12,14,20-21,28,30H,4-9,11,13,15-16H2,1-3H3/t20-,21-,25-,26-,27-/m0/s1. The monoisotopic (exact) mass is 456 g/mol. The van der Waals surface area contributed by atoms with Crippen LogP contribution >= 0.6 is 0 Å². The van der Waals surface area contributed by atoms with Crippen molar-refractivity contribution < 1.29 is 29.3 Å². The number of esters is 1. The summed E-state index contributed by atoms with van der Waals surface area (Å²) in [6.07, 6.45) is 9.91. The Morgan fingerprint density at radius 2 is 1.97 bits per heavy atom. The number of rotatable bonds is 7. The van der Waals surface area contributed by atoms with Crippen LogP contribution in [-0.2, 0) is 19.1 Å². The molecule has 0 aromatic rings. The van der Waals surface area contributed by atoms with Gasteiger partial charge in [0.1, 0.15) is 6.61 Å². The summed E-state index contributed by atoms with van der Waals surface area (Å²) in [7, 11) is 0. The maximum Gasteiger partial charge on any atom is 0.306 e. The first-order valence-corrected chi connectivity index (χ1v) is 12.3. The molecule has 4 aliphatic carbocycles. The lowest BCUT2D eigenvalue weighted by atomic mass is 9.52. The molecule has 4 rings (SSSR count). The van der Waals surface area contributed by atoms with Gasteiger partial charge in [0.15, 0.2) is 11.4 Å². The van der Waals surface area contributed by atoms with E-state index in [4.69, 9.17) is 4.74 Å². The third-order valence-electron chi connectivity index (χ3n) is 8.85. The number of hydrogen-bond donors (Lipinski definition) is 2. The molecule has 1 fully saturated rings. The zero-order valence-electron chi connectivity index (χ0n) is 20.0. The fourth-order valence-electron chi connectivity index (χ4n) is 7.16. The molecule has 0 amide bonds. The van der Waals surface area contributed by atoms with Crippen LogP contribution in [0, 0.1) is 16.7 Å². The van der Waals surface area contributed by atoms with Gasteiger partial charge in [0.2, 0.25) is 5.78 Å². The molecular formula is C27H36O6. The Hall–Kier alpha value is -2.05. The minimum absolute atomic E-state index is 0.0231. The molecule has 1 saturated carbocycles. The summed E-state index contributed by atoms with van der Waals surface area (Å²) in [6, 6.07) is 0. The van der Waals surface area contributed by atoms with Crippen LogP contribution in [0.2, 0.25) is 0 Å². The number of fused-ring (bicyclic) bond motifs is 4. The van der Waals surface area contributed by atoms with Gasteiger partial charge in [-0.05, 0) is 69.1 Å². The van der Waals surface area contributed by atoms with Crippen molar-refractivity contribution in [1.82, 2.24) is 0 Å². The van der Waals surface area contributed by atoms with Crippen LogP contribution in [0.1, 0.15) is 78.6 Å². The average molecular weight is 457 g/mol. The third-order valence-corrected chi connectivity index (χ3v) is 8.85. The molecule has 0 saturated heterocycles. The Labute approximate surface area is 195 Å².